The number of imidazole rings is 1. The molecule has 42 heavy (non-hydrogen) atoms. The van der Waals surface area contributed by atoms with Gasteiger partial charge in [-0.3, -0.25) is 13.9 Å². The molecule has 1 atom stereocenters. The van der Waals surface area contributed by atoms with Crippen LogP contribution in [0.15, 0.2) is 83.5 Å². The van der Waals surface area contributed by atoms with Gasteiger partial charge < -0.3 is 23.9 Å². The first kappa shape index (κ1) is 29.7. The molecule has 0 fully saturated rings. The van der Waals surface area contributed by atoms with E-state index in [0.29, 0.717) is 33.7 Å². The number of hydrogen-bond acceptors (Lipinski definition) is 8. The van der Waals surface area contributed by atoms with Crippen molar-refractivity contribution < 1.29 is 27.9 Å². The summed E-state index contributed by atoms with van der Waals surface area (Å²) >= 11 is 6.10. The maximum absolute atomic E-state index is 12.9. The van der Waals surface area contributed by atoms with Gasteiger partial charge in [0.1, 0.15) is 17.8 Å². The van der Waals surface area contributed by atoms with Crippen molar-refractivity contribution in [3.63, 3.8) is 0 Å². The fourth-order valence-electron chi connectivity index (χ4n) is 4.47. The topological polar surface area (TPSA) is 129 Å². The maximum atomic E-state index is 12.9. The van der Waals surface area contributed by atoms with E-state index >= 15 is 0 Å². The number of benzene rings is 3. The normalized spacial score (nSPS) is 12.5. The van der Waals surface area contributed by atoms with E-state index in [1.165, 1.54) is 0 Å². The predicted molar refractivity (Wildman–Crippen MR) is 161 cm³/mol. The monoisotopic (exact) mass is 608 g/mol. The van der Waals surface area contributed by atoms with Gasteiger partial charge in [0.25, 0.3) is 0 Å². The fourth-order valence-corrected chi connectivity index (χ4v) is 6.21. The summed E-state index contributed by atoms with van der Waals surface area (Å²) in [5.41, 5.74) is 3.94. The van der Waals surface area contributed by atoms with Crippen molar-refractivity contribution in [1.82, 2.24) is 14.5 Å². The number of aliphatic hydroxyl groups excluding tert-OH is 1. The predicted octanol–water partition coefficient (Wildman–Crippen LogP) is 7.16. The molecule has 0 aliphatic heterocycles. The maximum Gasteiger partial charge on any atom is 0.363 e. The van der Waals surface area contributed by atoms with Crippen LogP contribution in [-0.2, 0) is 24.8 Å². The molecule has 3 aromatic carbocycles. The zero-order valence-electron chi connectivity index (χ0n) is 23.1. The van der Waals surface area contributed by atoms with Gasteiger partial charge in [0.15, 0.2) is 5.85 Å². The lowest BCUT2D eigenvalue weighted by Gasteiger charge is -2.22. The van der Waals surface area contributed by atoms with Crippen LogP contribution in [0.5, 0.6) is 0 Å². The molecule has 0 bridgehead atoms. The number of aromatic nitrogens is 3. The van der Waals surface area contributed by atoms with Crippen LogP contribution >= 0.6 is 19.2 Å². The fraction of sp³-hybridized carbons (Fsp3) is 0.233. The molecule has 0 spiro atoms. The summed E-state index contributed by atoms with van der Waals surface area (Å²) in [7, 11) is -3.74. The molecule has 218 valence electrons. The highest BCUT2D eigenvalue weighted by Gasteiger charge is 2.35. The summed E-state index contributed by atoms with van der Waals surface area (Å²) in [4.78, 5) is 22.1. The number of para-hydroxylation sites is 2. The van der Waals surface area contributed by atoms with Gasteiger partial charge in [0.2, 0.25) is 5.91 Å². The zero-order valence-corrected chi connectivity index (χ0v) is 24.7. The van der Waals surface area contributed by atoms with Crippen molar-refractivity contribution in [3.05, 3.63) is 95.5 Å². The van der Waals surface area contributed by atoms with Crippen LogP contribution in [0, 0.1) is 0 Å². The van der Waals surface area contributed by atoms with Gasteiger partial charge >= 0.3 is 13.6 Å². The number of oxazole rings is 1. The number of aryl methyl sites for hydroxylation is 1. The van der Waals surface area contributed by atoms with Gasteiger partial charge in [0.05, 0.1) is 24.2 Å². The van der Waals surface area contributed by atoms with Crippen LogP contribution in [-0.4, -0.2) is 38.8 Å². The molecule has 0 saturated heterocycles. The Morgan fingerprint density at radius 1 is 1.05 bits per heavy atom. The molecule has 12 heteroatoms. The largest absolute Gasteiger partial charge is 0.427 e. The third-order valence-corrected chi connectivity index (χ3v) is 8.84. The number of rotatable bonds is 12. The quantitative estimate of drug-likeness (QED) is 0.143. The number of fused-ring (bicyclic) bond motifs is 1. The number of carbonyl (C=O) groups is 1. The smallest absolute Gasteiger partial charge is 0.363 e. The summed E-state index contributed by atoms with van der Waals surface area (Å²) < 4.78 is 31.3. The first-order valence-electron chi connectivity index (χ1n) is 13.5. The molecule has 0 aliphatic rings. The molecule has 1 amide bonds. The second kappa shape index (κ2) is 13.0. The average molecular weight is 609 g/mol. The van der Waals surface area contributed by atoms with Crippen molar-refractivity contribution in [2.75, 3.05) is 18.5 Å². The van der Waals surface area contributed by atoms with Crippen molar-refractivity contribution >= 4 is 41.8 Å². The lowest BCUT2D eigenvalue weighted by molar-refractivity contribution is -0.116. The summed E-state index contributed by atoms with van der Waals surface area (Å²) in [5, 5.41) is 14.1. The Labute approximate surface area is 247 Å². The SMILES string of the molecule is CCOP(=O)(OCC)C(O)c1ccc(NC(=O)CCc2oc(-n3cnc4ccccc43)nc2-c2ccc(Cl)cc2)cc1. The van der Waals surface area contributed by atoms with Crippen molar-refractivity contribution in [2.24, 2.45) is 0 Å². The molecule has 2 N–H and O–H groups in total. The van der Waals surface area contributed by atoms with E-state index in [2.05, 4.69) is 10.3 Å². The highest BCUT2D eigenvalue weighted by molar-refractivity contribution is 7.54. The van der Waals surface area contributed by atoms with E-state index < -0.39 is 13.4 Å². The first-order valence-corrected chi connectivity index (χ1v) is 15.4. The van der Waals surface area contributed by atoms with Gasteiger partial charge in [0, 0.05) is 29.1 Å². The van der Waals surface area contributed by atoms with E-state index in [1.54, 1.807) is 61.1 Å². The number of aliphatic hydroxyl groups is 1. The lowest BCUT2D eigenvalue weighted by atomic mass is 10.1. The summed E-state index contributed by atoms with van der Waals surface area (Å²) in [6.07, 6.45) is 2.06. The standard InChI is InChI=1S/C30H30ClN4O6P/c1-3-39-42(38,40-4-2)29(37)21-11-15-23(16-12-21)33-27(36)18-17-26-28(20-9-13-22(31)14-10-20)34-30(41-26)35-19-32-24-7-5-6-8-25(24)35/h5-16,19,29,37H,3-4,17-18H2,1-2H3,(H,33,36). The molecule has 2 aromatic heterocycles. The van der Waals surface area contributed by atoms with Crippen LogP contribution in [0.3, 0.4) is 0 Å². The third kappa shape index (κ3) is 6.48. The number of hydrogen-bond donors (Lipinski definition) is 2. The Balaban J connectivity index is 1.31. The minimum atomic E-state index is -3.74. The number of nitrogens with zero attached hydrogens (tertiary/aromatic N) is 3. The number of nitrogens with one attached hydrogen (secondary N) is 1. The van der Waals surface area contributed by atoms with Crippen molar-refractivity contribution in [2.45, 2.75) is 32.5 Å². The average Bonchev–Trinajstić information content (AvgIpc) is 3.61. The van der Waals surface area contributed by atoms with Crippen molar-refractivity contribution in [1.29, 1.82) is 0 Å². The van der Waals surface area contributed by atoms with E-state index in [4.69, 9.17) is 30.0 Å². The molecule has 1 unspecified atom stereocenters. The zero-order chi connectivity index (χ0) is 29.7. The molecular weight excluding hydrogens is 579 g/mol. The second-order valence-electron chi connectivity index (χ2n) is 9.30. The lowest BCUT2D eigenvalue weighted by Crippen LogP contribution is -2.12. The van der Waals surface area contributed by atoms with E-state index in [0.717, 1.165) is 16.6 Å². The molecule has 5 aromatic rings. The van der Waals surface area contributed by atoms with E-state index in [-0.39, 0.29) is 32.0 Å². The summed E-state index contributed by atoms with van der Waals surface area (Å²) in [5.74, 6) is -1.14. The Bertz CT molecular complexity index is 1710. The molecule has 0 radical (unpaired) electrons. The number of amides is 1. The Morgan fingerprint density at radius 3 is 2.43 bits per heavy atom. The van der Waals surface area contributed by atoms with Crippen LogP contribution in [0.4, 0.5) is 5.69 Å². The number of halogens is 1. The Hall–Kier alpha value is -3.79. The second-order valence-corrected chi connectivity index (χ2v) is 11.8. The Morgan fingerprint density at radius 2 is 1.74 bits per heavy atom. The molecule has 0 saturated carbocycles. The highest BCUT2D eigenvalue weighted by atomic mass is 35.5. The van der Waals surface area contributed by atoms with Crippen LogP contribution < -0.4 is 5.32 Å². The minimum absolute atomic E-state index is 0.119. The van der Waals surface area contributed by atoms with Crippen LogP contribution in [0.2, 0.25) is 5.02 Å². The van der Waals surface area contributed by atoms with Crippen LogP contribution in [0.1, 0.15) is 37.4 Å². The van der Waals surface area contributed by atoms with Gasteiger partial charge in [-0.1, -0.05) is 48.0 Å². The Kier molecular flexibility index (Phi) is 9.21. The van der Waals surface area contributed by atoms with E-state index in [9.17, 15) is 14.5 Å². The summed E-state index contributed by atoms with van der Waals surface area (Å²) in [6.45, 7) is 3.62. The number of anilines is 1. The van der Waals surface area contributed by atoms with Gasteiger partial charge in [-0.25, -0.2) is 4.98 Å². The van der Waals surface area contributed by atoms with Gasteiger partial charge in [-0.05, 0) is 55.8 Å². The number of carbonyl (C=O) groups excluding carboxylic acids is 1. The molecule has 5 rings (SSSR count). The first-order chi connectivity index (χ1) is 20.3. The molecule has 10 nitrogen and oxygen atoms in total. The molecule has 2 heterocycles. The van der Waals surface area contributed by atoms with Crippen LogP contribution in [0.25, 0.3) is 28.3 Å². The minimum Gasteiger partial charge on any atom is -0.427 e. The summed E-state index contributed by atoms with van der Waals surface area (Å²) in [6, 6.07) is 21.6. The van der Waals surface area contributed by atoms with Gasteiger partial charge in [-0.15, -0.1) is 0 Å². The molecule has 0 aliphatic carbocycles. The molecular formula is C30H30ClN4O6P. The van der Waals surface area contributed by atoms with Gasteiger partial charge in [-0.2, -0.15) is 4.98 Å². The highest BCUT2D eigenvalue weighted by Crippen LogP contribution is 2.59. The van der Waals surface area contributed by atoms with E-state index in [1.807, 2.05) is 36.4 Å². The third-order valence-electron chi connectivity index (χ3n) is 6.45. The van der Waals surface area contributed by atoms with Crippen molar-refractivity contribution in [3.8, 4) is 17.3 Å².